The minimum absolute atomic E-state index is 0.115. The molecule has 1 aromatic rings. The summed E-state index contributed by atoms with van der Waals surface area (Å²) in [6, 6.07) is 1.69. The summed E-state index contributed by atoms with van der Waals surface area (Å²) in [6.45, 7) is 1.76. The standard InChI is InChI=1S/C11H15ClN2O3S2/c1-19(16,17)14-5-2-4-13(6-7-14)11(15)10-9(12)3-8-18-10/h3,8H,2,4-7H2,1H3. The SMILES string of the molecule is CS(=O)(=O)N1CCCN(C(=O)c2sccc2Cl)CC1. The monoisotopic (exact) mass is 322 g/mol. The lowest BCUT2D eigenvalue weighted by Gasteiger charge is -2.20. The molecule has 0 radical (unpaired) electrons. The third-order valence-corrected chi connectivity index (χ3v) is 5.66. The number of rotatable bonds is 2. The molecule has 0 bridgehead atoms. The first kappa shape index (κ1) is 14.8. The summed E-state index contributed by atoms with van der Waals surface area (Å²) >= 11 is 7.26. The molecule has 0 aliphatic carbocycles. The average molecular weight is 323 g/mol. The maximum atomic E-state index is 12.3. The third-order valence-electron chi connectivity index (χ3n) is 3.02. The molecule has 1 aromatic heterocycles. The van der Waals surface area contributed by atoms with Gasteiger partial charge in [0.05, 0.1) is 11.3 Å². The summed E-state index contributed by atoms with van der Waals surface area (Å²) < 4.78 is 24.4. The van der Waals surface area contributed by atoms with Gasteiger partial charge in [0, 0.05) is 26.2 Å². The molecular formula is C11H15ClN2O3S2. The molecule has 106 valence electrons. The first-order chi connectivity index (χ1) is 8.89. The molecule has 1 aliphatic heterocycles. The fourth-order valence-electron chi connectivity index (χ4n) is 2.02. The first-order valence-electron chi connectivity index (χ1n) is 5.87. The lowest BCUT2D eigenvalue weighted by Crippen LogP contribution is -2.36. The van der Waals surface area contributed by atoms with Crippen LogP contribution in [-0.2, 0) is 10.0 Å². The minimum Gasteiger partial charge on any atom is -0.337 e. The highest BCUT2D eigenvalue weighted by molar-refractivity contribution is 7.88. The molecule has 0 saturated carbocycles. The highest BCUT2D eigenvalue weighted by atomic mass is 35.5. The highest BCUT2D eigenvalue weighted by Crippen LogP contribution is 2.24. The molecule has 1 fully saturated rings. The van der Waals surface area contributed by atoms with E-state index in [4.69, 9.17) is 11.6 Å². The Labute approximate surface area is 121 Å². The van der Waals surface area contributed by atoms with Crippen LogP contribution >= 0.6 is 22.9 Å². The number of carbonyl (C=O) groups excluding carboxylic acids is 1. The van der Waals surface area contributed by atoms with E-state index in [0.29, 0.717) is 42.5 Å². The first-order valence-corrected chi connectivity index (χ1v) is 8.97. The molecule has 2 rings (SSSR count). The molecule has 8 heteroatoms. The molecule has 2 heterocycles. The Hall–Kier alpha value is -0.630. The van der Waals surface area contributed by atoms with E-state index in [2.05, 4.69) is 0 Å². The van der Waals surface area contributed by atoms with Crippen molar-refractivity contribution in [1.82, 2.24) is 9.21 Å². The van der Waals surface area contributed by atoms with Gasteiger partial charge in [-0.3, -0.25) is 4.79 Å². The minimum atomic E-state index is -3.19. The molecule has 0 atom stereocenters. The van der Waals surface area contributed by atoms with Crippen molar-refractivity contribution in [2.45, 2.75) is 6.42 Å². The van der Waals surface area contributed by atoms with Crippen LogP contribution < -0.4 is 0 Å². The quantitative estimate of drug-likeness (QED) is 0.829. The number of thiophene rings is 1. The number of hydrogen-bond donors (Lipinski definition) is 0. The van der Waals surface area contributed by atoms with Gasteiger partial charge in [0.15, 0.2) is 0 Å². The van der Waals surface area contributed by atoms with Crippen LogP contribution in [0.25, 0.3) is 0 Å². The predicted molar refractivity (Wildman–Crippen MR) is 76.3 cm³/mol. The molecule has 1 aliphatic rings. The van der Waals surface area contributed by atoms with Gasteiger partial charge in [0.2, 0.25) is 10.0 Å². The second-order valence-corrected chi connectivity index (χ2v) is 7.71. The van der Waals surface area contributed by atoms with Gasteiger partial charge in [-0.2, -0.15) is 0 Å². The zero-order valence-electron chi connectivity index (χ0n) is 10.5. The van der Waals surface area contributed by atoms with E-state index in [0.717, 1.165) is 0 Å². The second kappa shape index (κ2) is 5.78. The van der Waals surface area contributed by atoms with Crippen molar-refractivity contribution in [3.8, 4) is 0 Å². The van der Waals surface area contributed by atoms with Crippen molar-refractivity contribution in [2.75, 3.05) is 32.4 Å². The topological polar surface area (TPSA) is 57.7 Å². The van der Waals surface area contributed by atoms with Gasteiger partial charge in [0.1, 0.15) is 4.88 Å². The van der Waals surface area contributed by atoms with Gasteiger partial charge < -0.3 is 4.90 Å². The fraction of sp³-hybridized carbons (Fsp3) is 0.545. The maximum Gasteiger partial charge on any atom is 0.265 e. The maximum absolute atomic E-state index is 12.3. The number of halogens is 1. The number of sulfonamides is 1. The molecular weight excluding hydrogens is 308 g/mol. The van der Waals surface area contributed by atoms with Crippen LogP contribution in [0.5, 0.6) is 0 Å². The Morgan fingerprint density at radius 2 is 2.05 bits per heavy atom. The molecule has 1 amide bonds. The summed E-state index contributed by atoms with van der Waals surface area (Å²) in [6.07, 6.45) is 1.84. The van der Waals surface area contributed by atoms with Gasteiger partial charge in [-0.1, -0.05) is 11.6 Å². The van der Waals surface area contributed by atoms with Gasteiger partial charge in [-0.25, -0.2) is 12.7 Å². The molecule has 0 N–H and O–H groups in total. The summed E-state index contributed by atoms with van der Waals surface area (Å²) in [7, 11) is -3.19. The van der Waals surface area contributed by atoms with Crippen molar-refractivity contribution in [3.05, 3.63) is 21.3 Å². The summed E-state index contributed by atoms with van der Waals surface area (Å²) in [4.78, 5) is 14.5. The number of amides is 1. The molecule has 0 aromatic carbocycles. The van der Waals surface area contributed by atoms with E-state index in [1.54, 1.807) is 16.3 Å². The van der Waals surface area contributed by atoms with Crippen molar-refractivity contribution in [1.29, 1.82) is 0 Å². The largest absolute Gasteiger partial charge is 0.337 e. The molecule has 1 saturated heterocycles. The van der Waals surface area contributed by atoms with Crippen molar-refractivity contribution < 1.29 is 13.2 Å². The zero-order valence-corrected chi connectivity index (χ0v) is 12.9. The second-order valence-electron chi connectivity index (χ2n) is 4.41. The van der Waals surface area contributed by atoms with Crippen LogP contribution in [0.4, 0.5) is 0 Å². The fourth-order valence-corrected chi connectivity index (χ4v) is 4.00. The summed E-state index contributed by atoms with van der Waals surface area (Å²) in [5, 5.41) is 2.23. The Balaban J connectivity index is 2.08. The highest BCUT2D eigenvalue weighted by Gasteiger charge is 2.25. The third kappa shape index (κ3) is 3.47. The van der Waals surface area contributed by atoms with Gasteiger partial charge in [-0.15, -0.1) is 11.3 Å². The predicted octanol–water partition coefficient (Wildman–Crippen LogP) is 1.51. The van der Waals surface area contributed by atoms with E-state index in [1.807, 2.05) is 0 Å². The number of hydrogen-bond acceptors (Lipinski definition) is 4. The molecule has 0 spiro atoms. The van der Waals surface area contributed by atoms with Crippen LogP contribution in [-0.4, -0.2) is 56.0 Å². The molecule has 0 unspecified atom stereocenters. The Bertz CT molecular complexity index is 570. The van der Waals surface area contributed by atoms with Crippen LogP contribution in [0.3, 0.4) is 0 Å². The number of carbonyl (C=O) groups is 1. The van der Waals surface area contributed by atoms with Gasteiger partial charge in [-0.05, 0) is 17.9 Å². The van der Waals surface area contributed by atoms with Crippen molar-refractivity contribution in [3.63, 3.8) is 0 Å². The van der Waals surface area contributed by atoms with Crippen LogP contribution in [0.1, 0.15) is 16.1 Å². The van der Waals surface area contributed by atoms with E-state index in [9.17, 15) is 13.2 Å². The van der Waals surface area contributed by atoms with Crippen LogP contribution in [0.15, 0.2) is 11.4 Å². The average Bonchev–Trinajstić information content (AvgIpc) is 2.62. The summed E-state index contributed by atoms with van der Waals surface area (Å²) in [5.41, 5.74) is 0. The lowest BCUT2D eigenvalue weighted by atomic mass is 10.3. The number of nitrogens with zero attached hydrogens (tertiary/aromatic N) is 2. The Morgan fingerprint density at radius 1 is 1.32 bits per heavy atom. The van der Waals surface area contributed by atoms with Crippen LogP contribution in [0, 0.1) is 0 Å². The molecule has 19 heavy (non-hydrogen) atoms. The smallest absolute Gasteiger partial charge is 0.265 e. The van der Waals surface area contributed by atoms with Crippen molar-refractivity contribution in [2.24, 2.45) is 0 Å². The normalized spacial score (nSPS) is 18.3. The Morgan fingerprint density at radius 3 is 2.63 bits per heavy atom. The van der Waals surface area contributed by atoms with Gasteiger partial charge in [0.25, 0.3) is 5.91 Å². The van der Waals surface area contributed by atoms with Crippen LogP contribution in [0.2, 0.25) is 5.02 Å². The molecule has 5 nitrogen and oxygen atoms in total. The van der Waals surface area contributed by atoms with Gasteiger partial charge >= 0.3 is 0 Å². The van der Waals surface area contributed by atoms with E-state index < -0.39 is 10.0 Å². The summed E-state index contributed by atoms with van der Waals surface area (Å²) in [5.74, 6) is -0.115. The van der Waals surface area contributed by atoms with E-state index >= 15 is 0 Å². The van der Waals surface area contributed by atoms with E-state index in [-0.39, 0.29) is 5.91 Å². The zero-order chi connectivity index (χ0) is 14.0. The lowest BCUT2D eigenvalue weighted by molar-refractivity contribution is 0.0769. The van der Waals surface area contributed by atoms with Crippen molar-refractivity contribution >= 4 is 38.9 Å². The Kier molecular flexibility index (Phi) is 4.50. The van der Waals surface area contributed by atoms with E-state index in [1.165, 1.54) is 21.9 Å².